The number of anilines is 1. The van der Waals surface area contributed by atoms with Crippen LogP contribution in [0.5, 0.6) is 5.75 Å². The molecule has 35 heavy (non-hydrogen) atoms. The second kappa shape index (κ2) is 9.98. The Bertz CT molecular complexity index is 1330. The van der Waals surface area contributed by atoms with Crippen LogP contribution >= 0.6 is 22.9 Å². The van der Waals surface area contributed by atoms with Crippen LogP contribution in [0.15, 0.2) is 52.7 Å². The molecule has 1 saturated heterocycles. The zero-order chi connectivity index (χ0) is 25.4. The fourth-order valence-electron chi connectivity index (χ4n) is 3.81. The van der Waals surface area contributed by atoms with E-state index in [9.17, 15) is 26.7 Å². The first-order valence-electron chi connectivity index (χ1n) is 10.5. The average molecular weight is 547 g/mol. The maximum Gasteiger partial charge on any atom is 0.419 e. The minimum absolute atomic E-state index is 0.0623. The number of aliphatic hydroxyl groups excluding tert-OH is 1. The molecule has 1 fully saturated rings. The van der Waals surface area contributed by atoms with Crippen LogP contribution in [0.1, 0.15) is 17.5 Å². The number of benzene rings is 2. The highest BCUT2D eigenvalue weighted by Crippen LogP contribution is 2.41. The Morgan fingerprint density at radius 3 is 2.66 bits per heavy atom. The molecule has 6 nitrogen and oxygen atoms in total. The van der Waals surface area contributed by atoms with Crippen molar-refractivity contribution >= 4 is 38.6 Å². The molecule has 1 atom stereocenters. The van der Waals surface area contributed by atoms with Gasteiger partial charge in [0, 0.05) is 24.7 Å². The molecule has 2 aromatic carbocycles. The summed E-state index contributed by atoms with van der Waals surface area (Å²) in [6, 6.07) is 11.2. The molecule has 0 amide bonds. The Morgan fingerprint density at radius 1 is 1.23 bits per heavy atom. The molecule has 0 unspecified atom stereocenters. The number of rotatable bonds is 7. The van der Waals surface area contributed by atoms with E-state index in [0.29, 0.717) is 36.2 Å². The molecule has 4 rings (SSSR count). The lowest BCUT2D eigenvalue weighted by Crippen LogP contribution is -2.23. The fraction of sp³-hybridized carbons (Fsp3) is 0.304. The number of likely N-dealkylation sites (N-methyl/N-ethyl adjacent to an activating group) is 1. The molecule has 0 saturated carbocycles. The van der Waals surface area contributed by atoms with Gasteiger partial charge in [0.05, 0.1) is 17.9 Å². The van der Waals surface area contributed by atoms with Crippen LogP contribution in [-0.4, -0.2) is 44.7 Å². The largest absolute Gasteiger partial charge is 0.488 e. The maximum absolute atomic E-state index is 13.5. The second-order valence-electron chi connectivity index (χ2n) is 8.22. The number of likely N-dealkylation sites (tertiary alicyclic amines) is 1. The first-order chi connectivity index (χ1) is 16.5. The Morgan fingerprint density at radius 2 is 2.00 bits per heavy atom. The van der Waals surface area contributed by atoms with Crippen molar-refractivity contribution in [1.29, 1.82) is 0 Å². The molecular weight excluding hydrogens is 525 g/mol. The topological polar surface area (TPSA) is 78.9 Å². The van der Waals surface area contributed by atoms with E-state index >= 15 is 0 Å². The number of nitrogens with zero attached hydrogens (tertiary/aromatic N) is 1. The quantitative estimate of drug-likeness (QED) is 0.411. The number of halogens is 4. The van der Waals surface area contributed by atoms with Crippen LogP contribution in [0, 0.1) is 0 Å². The molecule has 1 aliphatic heterocycles. The van der Waals surface area contributed by atoms with E-state index in [1.54, 1.807) is 24.3 Å². The number of hydrogen-bond donors (Lipinski definition) is 2. The van der Waals surface area contributed by atoms with E-state index in [1.807, 2.05) is 11.9 Å². The third-order valence-electron chi connectivity index (χ3n) is 5.53. The van der Waals surface area contributed by atoms with Gasteiger partial charge in [-0.05, 0) is 48.9 Å². The lowest BCUT2D eigenvalue weighted by Gasteiger charge is -2.19. The van der Waals surface area contributed by atoms with Gasteiger partial charge in [-0.25, -0.2) is 8.42 Å². The predicted molar refractivity (Wildman–Crippen MR) is 129 cm³/mol. The van der Waals surface area contributed by atoms with Crippen molar-refractivity contribution < 1.29 is 31.4 Å². The van der Waals surface area contributed by atoms with Gasteiger partial charge in [-0.3, -0.25) is 4.72 Å². The molecular formula is C23H22ClF3N2O4S2. The number of aliphatic hydroxyl groups is 1. The normalized spacial score (nSPS) is 17.0. The zero-order valence-corrected chi connectivity index (χ0v) is 20.9. The van der Waals surface area contributed by atoms with E-state index in [1.165, 1.54) is 6.07 Å². The van der Waals surface area contributed by atoms with Crippen molar-refractivity contribution in [2.45, 2.75) is 29.5 Å². The fourth-order valence-corrected chi connectivity index (χ4v) is 6.62. The molecule has 2 heterocycles. The summed E-state index contributed by atoms with van der Waals surface area (Å²) in [6.45, 7) is 0.986. The van der Waals surface area contributed by atoms with Gasteiger partial charge in [0.2, 0.25) is 0 Å². The number of nitrogens with one attached hydrogen (secondary N) is 1. The molecule has 0 bridgehead atoms. The monoisotopic (exact) mass is 546 g/mol. The molecule has 0 radical (unpaired) electrons. The lowest BCUT2D eigenvalue weighted by atomic mass is 10.1. The summed E-state index contributed by atoms with van der Waals surface area (Å²) < 4.78 is 74.8. The summed E-state index contributed by atoms with van der Waals surface area (Å²) in [5.74, 6) is -0.427. The van der Waals surface area contributed by atoms with Crippen LogP contribution in [0.3, 0.4) is 0 Å². The van der Waals surface area contributed by atoms with Gasteiger partial charge in [-0.2, -0.15) is 13.2 Å². The number of sulfonamides is 1. The van der Waals surface area contributed by atoms with Crippen LogP contribution < -0.4 is 9.46 Å². The van der Waals surface area contributed by atoms with Crippen molar-refractivity contribution in [2.75, 3.05) is 24.9 Å². The molecule has 12 heteroatoms. The van der Waals surface area contributed by atoms with Gasteiger partial charge in [0.25, 0.3) is 10.0 Å². The highest BCUT2D eigenvalue weighted by atomic mass is 35.5. The highest BCUT2D eigenvalue weighted by molar-refractivity contribution is 7.94. The lowest BCUT2D eigenvalue weighted by molar-refractivity contribution is -0.139. The number of alkyl halides is 3. The minimum Gasteiger partial charge on any atom is -0.488 e. The van der Waals surface area contributed by atoms with E-state index < -0.39 is 33.6 Å². The first-order valence-corrected chi connectivity index (χ1v) is 13.2. The molecule has 1 aliphatic rings. The van der Waals surface area contributed by atoms with Gasteiger partial charge < -0.3 is 14.7 Å². The Kier molecular flexibility index (Phi) is 7.35. The Labute approximate surface area is 210 Å². The Balaban J connectivity index is 1.62. The van der Waals surface area contributed by atoms with Gasteiger partial charge in [-0.15, -0.1) is 11.3 Å². The molecule has 0 spiro atoms. The van der Waals surface area contributed by atoms with Crippen LogP contribution in [0.4, 0.5) is 18.9 Å². The van der Waals surface area contributed by atoms with Crippen LogP contribution in [0.25, 0.3) is 11.1 Å². The van der Waals surface area contributed by atoms with Gasteiger partial charge in [-0.1, -0.05) is 29.8 Å². The standard InChI is InChI=1S/C23H22ClF3N2O4S2/c1-29-8-7-17(12-29)33-20-10-16(5-6-19(20)23(25,26)27)28-35(31,32)21-11-18(22(24)34-21)15-4-2-3-14(9-15)13-30/h2-6,9-11,17,28,30H,7-8,12-13H2,1H3/t17-/m1/s1. The molecule has 2 N–H and O–H groups in total. The van der Waals surface area contributed by atoms with Crippen molar-refractivity contribution in [3.05, 3.63) is 64.0 Å². The SMILES string of the molecule is CN1CC[C@@H](Oc2cc(NS(=O)(=O)c3cc(-c4cccc(CO)c4)c(Cl)s3)ccc2C(F)(F)F)C1. The Hall–Kier alpha value is -2.31. The molecule has 188 valence electrons. The van der Waals surface area contributed by atoms with Crippen LogP contribution in [0.2, 0.25) is 4.34 Å². The number of ether oxygens (including phenoxy) is 1. The minimum atomic E-state index is -4.66. The predicted octanol–water partition coefficient (Wildman–Crippen LogP) is 5.46. The summed E-state index contributed by atoms with van der Waals surface area (Å²) in [5.41, 5.74) is 0.700. The van der Waals surface area contributed by atoms with Crippen molar-refractivity contribution in [1.82, 2.24) is 4.90 Å². The summed E-state index contributed by atoms with van der Waals surface area (Å²) in [4.78, 5) is 1.94. The summed E-state index contributed by atoms with van der Waals surface area (Å²) in [6.07, 6.45) is -4.52. The average Bonchev–Trinajstić information content (AvgIpc) is 3.38. The summed E-state index contributed by atoms with van der Waals surface area (Å²) in [7, 11) is -2.30. The number of thiophene rings is 1. The van der Waals surface area contributed by atoms with E-state index in [4.69, 9.17) is 16.3 Å². The smallest absolute Gasteiger partial charge is 0.419 e. The molecule has 1 aromatic heterocycles. The van der Waals surface area contributed by atoms with Gasteiger partial charge >= 0.3 is 6.18 Å². The van der Waals surface area contributed by atoms with E-state index in [0.717, 1.165) is 29.5 Å². The second-order valence-corrected chi connectivity index (χ2v) is 11.8. The zero-order valence-electron chi connectivity index (χ0n) is 18.5. The highest BCUT2D eigenvalue weighted by Gasteiger charge is 2.36. The summed E-state index contributed by atoms with van der Waals surface area (Å²) in [5, 5.41) is 9.35. The molecule has 0 aliphatic carbocycles. The van der Waals surface area contributed by atoms with Gasteiger partial charge in [0.1, 0.15) is 20.4 Å². The third-order valence-corrected chi connectivity index (χ3v) is 8.74. The van der Waals surface area contributed by atoms with Crippen molar-refractivity contribution in [3.8, 4) is 16.9 Å². The maximum atomic E-state index is 13.5. The number of hydrogen-bond acceptors (Lipinski definition) is 6. The van der Waals surface area contributed by atoms with Crippen molar-refractivity contribution in [2.24, 2.45) is 0 Å². The van der Waals surface area contributed by atoms with Gasteiger partial charge in [0.15, 0.2) is 0 Å². The first kappa shape index (κ1) is 25.8. The molecule has 3 aromatic rings. The van der Waals surface area contributed by atoms with Crippen molar-refractivity contribution in [3.63, 3.8) is 0 Å². The summed E-state index contributed by atoms with van der Waals surface area (Å²) >= 11 is 7.12. The van der Waals surface area contributed by atoms with Crippen LogP contribution in [-0.2, 0) is 22.8 Å². The van der Waals surface area contributed by atoms with E-state index in [2.05, 4.69) is 4.72 Å². The third kappa shape index (κ3) is 5.92. The van der Waals surface area contributed by atoms with E-state index in [-0.39, 0.29) is 20.8 Å².